The molecule has 1 aromatic carbocycles. The van der Waals surface area contributed by atoms with E-state index in [1.54, 1.807) is 47.8 Å². The van der Waals surface area contributed by atoms with Crippen molar-refractivity contribution in [3.63, 3.8) is 0 Å². The number of imidazole rings is 1. The highest BCUT2D eigenvalue weighted by molar-refractivity contribution is 5.94. The summed E-state index contributed by atoms with van der Waals surface area (Å²) in [5.41, 5.74) is 3.17. The third-order valence-electron chi connectivity index (χ3n) is 3.73. The van der Waals surface area contributed by atoms with Gasteiger partial charge in [-0.1, -0.05) is 6.07 Å². The molecule has 0 fully saturated rings. The number of carbonyl (C=O) groups is 1. The van der Waals surface area contributed by atoms with E-state index in [9.17, 15) is 9.59 Å². The van der Waals surface area contributed by atoms with Crippen molar-refractivity contribution in [2.24, 2.45) is 14.1 Å². The molecule has 23 heavy (non-hydrogen) atoms. The van der Waals surface area contributed by atoms with Gasteiger partial charge in [-0.3, -0.25) is 18.9 Å². The molecule has 0 aliphatic rings. The highest BCUT2D eigenvalue weighted by Crippen LogP contribution is 2.14. The van der Waals surface area contributed by atoms with Gasteiger partial charge in [-0.25, -0.2) is 4.79 Å². The molecule has 6 nitrogen and oxygen atoms in total. The Morgan fingerprint density at radius 2 is 1.74 bits per heavy atom. The maximum atomic E-state index is 12.0. The third kappa shape index (κ3) is 3.12. The van der Waals surface area contributed by atoms with Crippen LogP contribution < -0.4 is 11.0 Å². The van der Waals surface area contributed by atoms with Crippen LogP contribution in [0.2, 0.25) is 0 Å². The summed E-state index contributed by atoms with van der Waals surface area (Å²) < 4.78 is 3.21. The predicted molar refractivity (Wildman–Crippen MR) is 90.8 cm³/mol. The number of fused-ring (bicyclic) bond motifs is 1. The number of benzene rings is 1. The monoisotopic (exact) mass is 332 g/mol. The zero-order valence-electron chi connectivity index (χ0n) is 12.8. The normalized spacial score (nSPS) is 10.3. The molecule has 2 heterocycles. The molecule has 0 aliphatic heterocycles. The van der Waals surface area contributed by atoms with Crippen LogP contribution in [-0.2, 0) is 20.6 Å². The van der Waals surface area contributed by atoms with Crippen LogP contribution in [0, 0.1) is 0 Å². The van der Waals surface area contributed by atoms with Crippen molar-refractivity contribution in [3.05, 3.63) is 64.3 Å². The third-order valence-corrected chi connectivity index (χ3v) is 3.73. The van der Waals surface area contributed by atoms with Gasteiger partial charge in [0, 0.05) is 38.6 Å². The lowest BCUT2D eigenvalue weighted by atomic mass is 10.2. The molecule has 0 saturated carbocycles. The zero-order chi connectivity index (χ0) is 15.7. The van der Waals surface area contributed by atoms with E-state index in [4.69, 9.17) is 0 Å². The fourth-order valence-electron chi connectivity index (χ4n) is 2.45. The summed E-state index contributed by atoms with van der Waals surface area (Å²) in [5.74, 6) is -0.149. The van der Waals surface area contributed by atoms with Crippen molar-refractivity contribution in [1.82, 2.24) is 19.4 Å². The molecule has 0 bridgehead atoms. The van der Waals surface area contributed by atoms with Crippen molar-refractivity contribution >= 4 is 29.3 Å². The Hall–Kier alpha value is -2.60. The fourth-order valence-corrected chi connectivity index (χ4v) is 2.45. The Bertz CT molecular complexity index is 900. The number of hydrogen-bond donors (Lipinski definition) is 1. The zero-order valence-corrected chi connectivity index (χ0v) is 13.6. The van der Waals surface area contributed by atoms with Crippen LogP contribution in [0.4, 0.5) is 0 Å². The van der Waals surface area contributed by atoms with Crippen molar-refractivity contribution in [2.75, 3.05) is 0 Å². The number of carbonyl (C=O) groups excluding carboxylic acids is 1. The average Bonchev–Trinajstić information content (AvgIpc) is 2.78. The number of aryl methyl sites for hydroxylation is 2. The summed E-state index contributed by atoms with van der Waals surface area (Å²) in [4.78, 5) is 27.8. The van der Waals surface area contributed by atoms with Gasteiger partial charge in [0.2, 0.25) is 0 Å². The van der Waals surface area contributed by atoms with E-state index >= 15 is 0 Å². The van der Waals surface area contributed by atoms with Gasteiger partial charge in [0.05, 0.1) is 11.0 Å². The number of amides is 1. The second kappa shape index (κ2) is 6.66. The van der Waals surface area contributed by atoms with E-state index in [0.717, 1.165) is 16.6 Å². The maximum absolute atomic E-state index is 12.0. The number of nitrogens with zero attached hydrogens (tertiary/aromatic N) is 3. The molecule has 0 saturated heterocycles. The van der Waals surface area contributed by atoms with Gasteiger partial charge < -0.3 is 5.32 Å². The maximum Gasteiger partial charge on any atom is 0.328 e. The Labute approximate surface area is 139 Å². The van der Waals surface area contributed by atoms with Crippen LogP contribution in [0.1, 0.15) is 15.9 Å². The first-order valence-electron chi connectivity index (χ1n) is 6.90. The average molecular weight is 333 g/mol. The van der Waals surface area contributed by atoms with Gasteiger partial charge in [-0.05, 0) is 29.8 Å². The Kier molecular flexibility index (Phi) is 4.86. The Balaban J connectivity index is 0.00000192. The summed E-state index contributed by atoms with van der Waals surface area (Å²) in [6, 6.07) is 9.06. The lowest BCUT2D eigenvalue weighted by Gasteiger charge is -2.06. The second-order valence-electron chi connectivity index (χ2n) is 5.14. The second-order valence-corrected chi connectivity index (χ2v) is 5.14. The highest BCUT2D eigenvalue weighted by Gasteiger charge is 2.09. The van der Waals surface area contributed by atoms with Crippen molar-refractivity contribution in [1.29, 1.82) is 0 Å². The molecule has 1 amide bonds. The molecular weight excluding hydrogens is 316 g/mol. The van der Waals surface area contributed by atoms with Crippen LogP contribution >= 0.6 is 12.4 Å². The minimum absolute atomic E-state index is 0. The van der Waals surface area contributed by atoms with Gasteiger partial charge in [-0.2, -0.15) is 0 Å². The number of hydrogen-bond acceptors (Lipinski definition) is 3. The molecule has 3 rings (SSSR count). The first-order chi connectivity index (χ1) is 10.6. The van der Waals surface area contributed by atoms with E-state index in [-0.39, 0.29) is 24.0 Å². The van der Waals surface area contributed by atoms with E-state index in [0.29, 0.717) is 12.1 Å². The molecule has 0 radical (unpaired) electrons. The Morgan fingerprint density at radius 1 is 1.09 bits per heavy atom. The summed E-state index contributed by atoms with van der Waals surface area (Å²) in [6.07, 6.45) is 3.17. The number of aromatic nitrogens is 3. The van der Waals surface area contributed by atoms with E-state index in [1.165, 1.54) is 0 Å². The number of pyridine rings is 1. The molecule has 2 aromatic heterocycles. The van der Waals surface area contributed by atoms with E-state index < -0.39 is 0 Å². The van der Waals surface area contributed by atoms with Gasteiger partial charge in [0.1, 0.15) is 0 Å². The van der Waals surface area contributed by atoms with Crippen LogP contribution in [0.5, 0.6) is 0 Å². The molecule has 0 atom stereocenters. The molecule has 1 N–H and O–H groups in total. The lowest BCUT2D eigenvalue weighted by molar-refractivity contribution is 0.0951. The van der Waals surface area contributed by atoms with Crippen molar-refractivity contribution in [3.8, 4) is 0 Å². The van der Waals surface area contributed by atoms with Gasteiger partial charge in [-0.15, -0.1) is 12.4 Å². The molecule has 3 aromatic rings. The lowest BCUT2D eigenvalue weighted by Crippen LogP contribution is -2.22. The number of nitrogens with one attached hydrogen (secondary N) is 1. The predicted octanol–water partition coefficient (Wildman–Crippen LogP) is 1.62. The van der Waals surface area contributed by atoms with Crippen LogP contribution in [0.3, 0.4) is 0 Å². The standard InChI is InChI=1S/C16H16N4O2.ClH/c1-19-13-4-3-11(9-14(13)20(2)16(19)22)10-18-15(21)12-5-7-17-8-6-12;/h3-9H,10H2,1-2H3,(H,18,21);1H. The molecular formula is C16H17ClN4O2. The quantitative estimate of drug-likeness (QED) is 0.792. The summed E-state index contributed by atoms with van der Waals surface area (Å²) in [5, 5.41) is 2.86. The van der Waals surface area contributed by atoms with Crippen LogP contribution in [0.15, 0.2) is 47.5 Å². The summed E-state index contributed by atoms with van der Waals surface area (Å²) in [7, 11) is 3.49. The largest absolute Gasteiger partial charge is 0.348 e. The molecule has 0 unspecified atom stereocenters. The number of rotatable bonds is 3. The van der Waals surface area contributed by atoms with E-state index in [1.807, 2.05) is 18.2 Å². The van der Waals surface area contributed by atoms with Gasteiger partial charge in [0.25, 0.3) is 5.91 Å². The molecule has 7 heteroatoms. The fraction of sp³-hybridized carbons (Fsp3) is 0.188. The first kappa shape index (κ1) is 16.8. The highest BCUT2D eigenvalue weighted by atomic mass is 35.5. The van der Waals surface area contributed by atoms with E-state index in [2.05, 4.69) is 10.3 Å². The van der Waals surface area contributed by atoms with Crippen molar-refractivity contribution < 1.29 is 4.79 Å². The minimum atomic E-state index is -0.149. The van der Waals surface area contributed by atoms with Gasteiger partial charge >= 0.3 is 5.69 Å². The summed E-state index contributed by atoms with van der Waals surface area (Å²) >= 11 is 0. The van der Waals surface area contributed by atoms with Gasteiger partial charge in [0.15, 0.2) is 0 Å². The first-order valence-corrected chi connectivity index (χ1v) is 6.90. The minimum Gasteiger partial charge on any atom is -0.348 e. The molecule has 0 spiro atoms. The smallest absolute Gasteiger partial charge is 0.328 e. The SMILES string of the molecule is Cl.Cn1c(=O)n(C)c2cc(CNC(=O)c3ccncc3)ccc21. The van der Waals surface area contributed by atoms with Crippen molar-refractivity contribution in [2.45, 2.75) is 6.54 Å². The molecule has 0 aliphatic carbocycles. The van der Waals surface area contributed by atoms with Crippen LogP contribution in [-0.4, -0.2) is 20.0 Å². The van der Waals surface area contributed by atoms with Crippen LogP contribution in [0.25, 0.3) is 11.0 Å². The topological polar surface area (TPSA) is 68.9 Å². The summed E-state index contributed by atoms with van der Waals surface area (Å²) in [6.45, 7) is 0.403. The Morgan fingerprint density at radius 3 is 2.43 bits per heavy atom. The number of halogens is 1. The molecule has 120 valence electrons.